The number of anilines is 3. The number of hydrogen-bond acceptors (Lipinski definition) is 7. The summed E-state index contributed by atoms with van der Waals surface area (Å²) in [5.74, 6) is 0.596. The zero-order valence-electron chi connectivity index (χ0n) is 18.8. The lowest BCUT2D eigenvalue weighted by atomic mass is 10.1. The highest BCUT2D eigenvalue weighted by molar-refractivity contribution is 8.00. The van der Waals surface area contributed by atoms with Gasteiger partial charge in [0.15, 0.2) is 4.34 Å². The number of nitrogens with two attached hydrogens (primary N) is 1. The lowest BCUT2D eigenvalue weighted by molar-refractivity contribution is 0.102. The van der Waals surface area contributed by atoms with E-state index in [1.165, 1.54) is 0 Å². The molecule has 35 heavy (non-hydrogen) atoms. The molecule has 0 aliphatic heterocycles. The minimum atomic E-state index is -0.180. The van der Waals surface area contributed by atoms with Crippen LogP contribution in [0, 0.1) is 0 Å². The number of thiazole rings is 1. The average Bonchev–Trinajstić information content (AvgIpc) is 3.31. The zero-order valence-corrected chi connectivity index (χ0v) is 20.4. The highest BCUT2D eigenvalue weighted by Gasteiger charge is 2.09. The molecule has 0 radical (unpaired) electrons. The molecule has 2 aromatic heterocycles. The summed E-state index contributed by atoms with van der Waals surface area (Å²) in [6.07, 6.45) is 1.80. The first-order valence-electron chi connectivity index (χ1n) is 11.1. The third-order valence-corrected chi connectivity index (χ3v) is 7.59. The van der Waals surface area contributed by atoms with Crippen LogP contribution < -0.4 is 16.4 Å². The van der Waals surface area contributed by atoms with Gasteiger partial charge in [-0.1, -0.05) is 42.1 Å². The van der Waals surface area contributed by atoms with Gasteiger partial charge in [0.2, 0.25) is 0 Å². The Morgan fingerprint density at radius 1 is 0.971 bits per heavy atom. The van der Waals surface area contributed by atoms with Crippen molar-refractivity contribution in [3.63, 3.8) is 0 Å². The Bertz CT molecular complexity index is 1450. The molecular formula is C27H23N5OS2. The molecule has 8 heteroatoms. The van der Waals surface area contributed by atoms with Crippen molar-refractivity contribution in [2.75, 3.05) is 16.4 Å². The molecule has 0 saturated carbocycles. The van der Waals surface area contributed by atoms with Crippen LogP contribution in [0.2, 0.25) is 0 Å². The van der Waals surface area contributed by atoms with E-state index in [-0.39, 0.29) is 5.91 Å². The van der Waals surface area contributed by atoms with Gasteiger partial charge in [-0.3, -0.25) is 9.78 Å². The first kappa shape index (κ1) is 22.9. The summed E-state index contributed by atoms with van der Waals surface area (Å²) in [6, 6.07) is 27.0. The quantitative estimate of drug-likeness (QED) is 0.169. The van der Waals surface area contributed by atoms with Gasteiger partial charge < -0.3 is 16.4 Å². The van der Waals surface area contributed by atoms with Crippen molar-refractivity contribution in [2.45, 2.75) is 16.6 Å². The Kier molecular flexibility index (Phi) is 6.92. The van der Waals surface area contributed by atoms with E-state index in [2.05, 4.69) is 21.7 Å². The normalized spacial score (nSPS) is 10.9. The number of amides is 1. The van der Waals surface area contributed by atoms with Crippen molar-refractivity contribution in [3.05, 3.63) is 108 Å². The van der Waals surface area contributed by atoms with Crippen molar-refractivity contribution in [3.8, 4) is 0 Å². The minimum Gasteiger partial charge on any atom is -0.397 e. The van der Waals surface area contributed by atoms with Crippen molar-refractivity contribution >= 4 is 56.3 Å². The van der Waals surface area contributed by atoms with Crippen LogP contribution in [0.25, 0.3) is 10.2 Å². The summed E-state index contributed by atoms with van der Waals surface area (Å²) >= 11 is 3.38. The zero-order chi connectivity index (χ0) is 24.0. The molecule has 3 aromatic carbocycles. The molecule has 0 atom stereocenters. The lowest BCUT2D eigenvalue weighted by Crippen LogP contribution is -2.13. The molecule has 0 aliphatic carbocycles. The van der Waals surface area contributed by atoms with Gasteiger partial charge in [0.05, 0.1) is 33.8 Å². The number of nitrogens with zero attached hydrogens (tertiary/aromatic N) is 2. The Morgan fingerprint density at radius 2 is 1.80 bits per heavy atom. The van der Waals surface area contributed by atoms with Gasteiger partial charge in [0.25, 0.3) is 5.91 Å². The summed E-state index contributed by atoms with van der Waals surface area (Å²) in [7, 11) is 0. The maximum Gasteiger partial charge on any atom is 0.255 e. The monoisotopic (exact) mass is 497 g/mol. The van der Waals surface area contributed by atoms with Crippen molar-refractivity contribution in [1.29, 1.82) is 0 Å². The summed E-state index contributed by atoms with van der Waals surface area (Å²) in [5.41, 5.74) is 11.8. The third-order valence-electron chi connectivity index (χ3n) is 5.36. The van der Waals surface area contributed by atoms with Crippen molar-refractivity contribution in [1.82, 2.24) is 9.97 Å². The largest absolute Gasteiger partial charge is 0.397 e. The number of pyridine rings is 1. The number of fused-ring (bicyclic) bond motifs is 1. The van der Waals surface area contributed by atoms with Crippen LogP contribution in [-0.4, -0.2) is 15.9 Å². The number of nitrogen functional groups attached to an aromatic ring is 1. The Balaban J connectivity index is 1.18. The van der Waals surface area contributed by atoms with Crippen LogP contribution >= 0.6 is 23.1 Å². The molecule has 174 valence electrons. The van der Waals surface area contributed by atoms with Gasteiger partial charge in [-0.15, -0.1) is 11.3 Å². The van der Waals surface area contributed by atoms with E-state index < -0.39 is 0 Å². The lowest BCUT2D eigenvalue weighted by Gasteiger charge is -2.08. The topological polar surface area (TPSA) is 92.9 Å². The molecular weight excluding hydrogens is 474 g/mol. The highest BCUT2D eigenvalue weighted by Crippen LogP contribution is 2.33. The van der Waals surface area contributed by atoms with Gasteiger partial charge in [-0.25, -0.2) is 4.98 Å². The van der Waals surface area contributed by atoms with Crippen LogP contribution in [0.1, 0.15) is 21.6 Å². The van der Waals surface area contributed by atoms with Crippen LogP contribution in [-0.2, 0) is 12.3 Å². The SMILES string of the molecule is Nc1ccccc1NC(=O)c1ccc(CSc2nc3ccc(NCc4ccccn4)cc3s2)cc1. The number of hydrogen-bond donors (Lipinski definition) is 3. The number of benzene rings is 3. The van der Waals surface area contributed by atoms with E-state index >= 15 is 0 Å². The predicted molar refractivity (Wildman–Crippen MR) is 146 cm³/mol. The average molecular weight is 498 g/mol. The van der Waals surface area contributed by atoms with Crippen LogP contribution in [0.4, 0.5) is 17.1 Å². The fraction of sp³-hybridized carbons (Fsp3) is 0.0741. The summed E-state index contributed by atoms with van der Waals surface area (Å²) in [5, 5.41) is 6.28. The third kappa shape index (κ3) is 5.79. The van der Waals surface area contributed by atoms with E-state index in [9.17, 15) is 4.79 Å². The molecule has 0 bridgehead atoms. The number of carbonyl (C=O) groups is 1. The Morgan fingerprint density at radius 3 is 2.60 bits per heavy atom. The number of thioether (sulfide) groups is 1. The number of para-hydroxylation sites is 2. The second-order valence-corrected chi connectivity index (χ2v) is 10.1. The summed E-state index contributed by atoms with van der Waals surface area (Å²) < 4.78 is 2.16. The molecule has 5 rings (SSSR count). The highest BCUT2D eigenvalue weighted by atomic mass is 32.2. The second-order valence-electron chi connectivity index (χ2n) is 7.86. The van der Waals surface area contributed by atoms with Gasteiger partial charge in [0, 0.05) is 23.2 Å². The Labute approximate surface area is 211 Å². The standard InChI is InChI=1S/C27H23N5OS2/c28-22-6-1-2-7-23(22)31-26(33)19-10-8-18(9-11-19)17-34-27-32-24-13-12-20(15-25(24)35-27)30-16-21-5-3-4-14-29-21/h1-15,30H,16-17,28H2,(H,31,33). The fourth-order valence-corrected chi connectivity index (χ4v) is 5.54. The van der Waals surface area contributed by atoms with E-state index in [1.54, 1.807) is 41.4 Å². The van der Waals surface area contributed by atoms with Crippen LogP contribution in [0.3, 0.4) is 0 Å². The van der Waals surface area contributed by atoms with Gasteiger partial charge in [-0.05, 0) is 60.2 Å². The Hall–Kier alpha value is -3.88. The van der Waals surface area contributed by atoms with Gasteiger partial charge in [0.1, 0.15) is 0 Å². The molecule has 0 spiro atoms. The molecule has 0 fully saturated rings. The second kappa shape index (κ2) is 10.6. The maximum atomic E-state index is 12.5. The van der Waals surface area contributed by atoms with Gasteiger partial charge in [-0.2, -0.15) is 0 Å². The smallest absolute Gasteiger partial charge is 0.255 e. The molecule has 1 amide bonds. The number of aromatic nitrogens is 2. The molecule has 0 saturated heterocycles. The fourth-order valence-electron chi connectivity index (χ4n) is 3.47. The minimum absolute atomic E-state index is 0.180. The number of nitrogens with one attached hydrogen (secondary N) is 2. The first-order valence-corrected chi connectivity index (χ1v) is 12.9. The molecule has 4 N–H and O–H groups in total. The summed E-state index contributed by atoms with van der Waals surface area (Å²) in [6.45, 7) is 0.680. The number of rotatable bonds is 8. The van der Waals surface area contributed by atoms with Crippen LogP contribution in [0.5, 0.6) is 0 Å². The molecule has 0 unspecified atom stereocenters. The maximum absolute atomic E-state index is 12.5. The first-order chi connectivity index (χ1) is 17.1. The van der Waals surface area contributed by atoms with Crippen molar-refractivity contribution < 1.29 is 4.79 Å². The molecule has 6 nitrogen and oxygen atoms in total. The van der Waals surface area contributed by atoms with E-state index in [0.29, 0.717) is 23.5 Å². The van der Waals surface area contributed by atoms with Gasteiger partial charge >= 0.3 is 0 Å². The molecule has 2 heterocycles. The van der Waals surface area contributed by atoms with E-state index in [1.807, 2.05) is 66.7 Å². The predicted octanol–water partition coefficient (Wildman–Crippen LogP) is 6.43. The van der Waals surface area contributed by atoms with Crippen molar-refractivity contribution in [2.24, 2.45) is 0 Å². The molecule has 5 aromatic rings. The van der Waals surface area contributed by atoms with E-state index in [4.69, 9.17) is 10.7 Å². The summed E-state index contributed by atoms with van der Waals surface area (Å²) in [4.78, 5) is 21.6. The van der Waals surface area contributed by atoms with Crippen LogP contribution in [0.15, 0.2) is 95.5 Å². The number of carbonyl (C=O) groups excluding carboxylic acids is 1. The molecule has 0 aliphatic rings. The van der Waals surface area contributed by atoms with E-state index in [0.717, 1.165) is 37.3 Å².